The first-order chi connectivity index (χ1) is 7.15. The monoisotopic (exact) mass is 205 g/mol. The predicted octanol–water partition coefficient (Wildman–Crippen LogP) is 1.25. The fourth-order valence-electron chi connectivity index (χ4n) is 1.64. The summed E-state index contributed by atoms with van der Waals surface area (Å²) in [6.45, 7) is 3.31. The highest BCUT2D eigenvalue weighted by molar-refractivity contribution is 5.94. The van der Waals surface area contributed by atoms with Crippen molar-refractivity contribution in [2.45, 2.75) is 13.8 Å². The highest BCUT2D eigenvalue weighted by atomic mass is 16.5. The Morgan fingerprint density at radius 2 is 2.20 bits per heavy atom. The normalized spacial score (nSPS) is 10.6. The maximum absolute atomic E-state index is 11.5. The van der Waals surface area contributed by atoms with Gasteiger partial charge in [0.1, 0.15) is 5.69 Å². The molecule has 78 valence electrons. The smallest absolute Gasteiger partial charge is 0.218 e. The van der Waals surface area contributed by atoms with Gasteiger partial charge >= 0.3 is 0 Å². The Balaban J connectivity index is 2.88. The number of aryl methyl sites for hydroxylation is 1. The molecule has 2 rings (SSSR count). The fourth-order valence-corrected chi connectivity index (χ4v) is 1.64. The number of hydrogen-bond acceptors (Lipinski definition) is 4. The number of imidazole rings is 1. The van der Waals surface area contributed by atoms with E-state index in [1.807, 2.05) is 0 Å². The van der Waals surface area contributed by atoms with Crippen LogP contribution in [0.2, 0.25) is 0 Å². The van der Waals surface area contributed by atoms with Crippen LogP contribution >= 0.6 is 0 Å². The molecule has 0 amide bonds. The maximum Gasteiger partial charge on any atom is 0.218 e. The molecule has 0 aliphatic rings. The minimum atomic E-state index is -0.0375. The van der Waals surface area contributed by atoms with Crippen LogP contribution in [0.25, 0.3) is 5.65 Å². The minimum absolute atomic E-state index is 0.0375. The number of carbonyl (C=O) groups is 1. The Kier molecular flexibility index (Phi) is 2.15. The first kappa shape index (κ1) is 9.64. The quantitative estimate of drug-likeness (QED) is 0.692. The summed E-state index contributed by atoms with van der Waals surface area (Å²) in [7, 11) is 1.54. The summed E-state index contributed by atoms with van der Waals surface area (Å²) in [6.07, 6.45) is 3.16. The van der Waals surface area contributed by atoms with E-state index in [1.165, 1.54) is 14.0 Å². The molecule has 5 heteroatoms. The van der Waals surface area contributed by atoms with Crippen molar-refractivity contribution in [1.29, 1.82) is 0 Å². The molecule has 2 aromatic rings. The molecule has 5 nitrogen and oxygen atoms in total. The maximum atomic E-state index is 11.5. The van der Waals surface area contributed by atoms with Crippen LogP contribution in [0.5, 0.6) is 5.88 Å². The average Bonchev–Trinajstić information content (AvgIpc) is 2.53. The van der Waals surface area contributed by atoms with Crippen LogP contribution in [0.1, 0.15) is 23.1 Å². The van der Waals surface area contributed by atoms with Gasteiger partial charge in [-0.1, -0.05) is 0 Å². The van der Waals surface area contributed by atoms with Crippen molar-refractivity contribution in [1.82, 2.24) is 14.4 Å². The number of methoxy groups -OCH3 is 1. The number of Topliss-reactive ketones (excluding diaryl/α,β-unsaturated/α-hetero) is 1. The van der Waals surface area contributed by atoms with Gasteiger partial charge in [-0.05, 0) is 6.92 Å². The summed E-state index contributed by atoms with van der Waals surface area (Å²) in [6, 6.07) is 0. The van der Waals surface area contributed by atoms with E-state index in [-0.39, 0.29) is 5.78 Å². The fraction of sp³-hybridized carbons (Fsp3) is 0.300. The molecule has 0 fully saturated rings. The number of ketones is 1. The van der Waals surface area contributed by atoms with Gasteiger partial charge in [-0.15, -0.1) is 0 Å². The molecule has 0 bridgehead atoms. The number of ether oxygens (including phenoxy) is 1. The molecule has 0 aliphatic carbocycles. The van der Waals surface area contributed by atoms with E-state index in [1.54, 1.807) is 23.7 Å². The summed E-state index contributed by atoms with van der Waals surface area (Å²) in [5.74, 6) is 0.475. The van der Waals surface area contributed by atoms with E-state index in [4.69, 9.17) is 4.74 Å². The second-order valence-electron chi connectivity index (χ2n) is 3.25. The van der Waals surface area contributed by atoms with Gasteiger partial charge in [-0.25, -0.2) is 4.98 Å². The Hall–Kier alpha value is -1.91. The molecule has 0 radical (unpaired) electrons. The standard InChI is InChI=1S/C10H11N3O2/c1-6-10(7(2)14)13-8(12-6)4-11-5-9(13)15-3/h4-5H,1-3H3. The van der Waals surface area contributed by atoms with Gasteiger partial charge in [0.15, 0.2) is 11.4 Å². The molecule has 0 N–H and O–H groups in total. The first-order valence-electron chi connectivity index (χ1n) is 4.53. The zero-order valence-electron chi connectivity index (χ0n) is 8.81. The van der Waals surface area contributed by atoms with Gasteiger partial charge < -0.3 is 4.74 Å². The van der Waals surface area contributed by atoms with Crippen LogP contribution in [0.4, 0.5) is 0 Å². The zero-order valence-corrected chi connectivity index (χ0v) is 8.81. The lowest BCUT2D eigenvalue weighted by atomic mass is 10.2. The Labute approximate surface area is 86.7 Å². The Bertz CT molecular complexity index is 531. The van der Waals surface area contributed by atoms with Crippen molar-refractivity contribution in [3.8, 4) is 5.88 Å². The van der Waals surface area contributed by atoms with Crippen molar-refractivity contribution in [2.75, 3.05) is 7.11 Å². The summed E-state index contributed by atoms with van der Waals surface area (Å²) in [4.78, 5) is 19.7. The topological polar surface area (TPSA) is 56.5 Å². The van der Waals surface area contributed by atoms with Crippen LogP contribution in [0.3, 0.4) is 0 Å². The molecular formula is C10H11N3O2. The largest absolute Gasteiger partial charge is 0.481 e. The van der Waals surface area contributed by atoms with Crippen molar-refractivity contribution < 1.29 is 9.53 Å². The molecule has 0 saturated heterocycles. The zero-order chi connectivity index (χ0) is 11.0. The average molecular weight is 205 g/mol. The van der Waals surface area contributed by atoms with E-state index < -0.39 is 0 Å². The van der Waals surface area contributed by atoms with Gasteiger partial charge in [0, 0.05) is 6.92 Å². The highest BCUT2D eigenvalue weighted by Gasteiger charge is 2.15. The van der Waals surface area contributed by atoms with Crippen LogP contribution in [0, 0.1) is 6.92 Å². The van der Waals surface area contributed by atoms with Gasteiger partial charge in [0.2, 0.25) is 5.88 Å². The second kappa shape index (κ2) is 3.34. The number of rotatable bonds is 2. The summed E-state index contributed by atoms with van der Waals surface area (Å²) in [5.41, 5.74) is 1.86. The lowest BCUT2D eigenvalue weighted by Crippen LogP contribution is -2.03. The van der Waals surface area contributed by atoms with E-state index >= 15 is 0 Å². The van der Waals surface area contributed by atoms with Crippen LogP contribution in [-0.2, 0) is 0 Å². The Morgan fingerprint density at radius 3 is 2.80 bits per heavy atom. The number of fused-ring (bicyclic) bond motifs is 1. The summed E-state index contributed by atoms with van der Waals surface area (Å²) in [5, 5.41) is 0. The summed E-state index contributed by atoms with van der Waals surface area (Å²) < 4.78 is 6.81. The molecular weight excluding hydrogens is 194 g/mol. The number of aromatic nitrogens is 3. The lowest BCUT2D eigenvalue weighted by Gasteiger charge is -2.04. The first-order valence-corrected chi connectivity index (χ1v) is 4.53. The van der Waals surface area contributed by atoms with Crippen molar-refractivity contribution in [2.24, 2.45) is 0 Å². The van der Waals surface area contributed by atoms with Gasteiger partial charge in [0.05, 0.1) is 25.2 Å². The molecule has 0 atom stereocenters. The molecule has 0 saturated carbocycles. The van der Waals surface area contributed by atoms with E-state index in [2.05, 4.69) is 9.97 Å². The Morgan fingerprint density at radius 1 is 1.47 bits per heavy atom. The van der Waals surface area contributed by atoms with Crippen molar-refractivity contribution in [3.63, 3.8) is 0 Å². The SMILES string of the molecule is COc1cncc2nc(C)c(C(C)=O)n12. The van der Waals surface area contributed by atoms with Gasteiger partial charge in [0.25, 0.3) is 0 Å². The predicted molar refractivity (Wildman–Crippen MR) is 54.3 cm³/mol. The molecule has 15 heavy (non-hydrogen) atoms. The third kappa shape index (κ3) is 1.36. The third-order valence-electron chi connectivity index (χ3n) is 2.22. The number of nitrogens with zero attached hydrogens (tertiary/aromatic N) is 3. The van der Waals surface area contributed by atoms with Crippen LogP contribution < -0.4 is 4.74 Å². The highest BCUT2D eigenvalue weighted by Crippen LogP contribution is 2.18. The lowest BCUT2D eigenvalue weighted by molar-refractivity contribution is 0.101. The molecule has 2 aromatic heterocycles. The van der Waals surface area contributed by atoms with Crippen molar-refractivity contribution in [3.05, 3.63) is 23.8 Å². The molecule has 0 unspecified atom stereocenters. The van der Waals surface area contributed by atoms with Gasteiger partial charge in [-0.2, -0.15) is 0 Å². The molecule has 2 heterocycles. The van der Waals surface area contributed by atoms with Gasteiger partial charge in [-0.3, -0.25) is 14.2 Å². The van der Waals surface area contributed by atoms with E-state index in [0.717, 1.165) is 0 Å². The summed E-state index contributed by atoms with van der Waals surface area (Å²) >= 11 is 0. The number of hydrogen-bond donors (Lipinski definition) is 0. The molecule has 0 aliphatic heterocycles. The second-order valence-corrected chi connectivity index (χ2v) is 3.25. The van der Waals surface area contributed by atoms with E-state index in [0.29, 0.717) is 22.9 Å². The molecule has 0 spiro atoms. The van der Waals surface area contributed by atoms with Crippen LogP contribution in [0.15, 0.2) is 12.4 Å². The van der Waals surface area contributed by atoms with Crippen molar-refractivity contribution >= 4 is 11.4 Å². The number of carbonyl (C=O) groups excluding carboxylic acids is 1. The van der Waals surface area contributed by atoms with Crippen LogP contribution in [-0.4, -0.2) is 27.3 Å². The third-order valence-corrected chi connectivity index (χ3v) is 2.22. The minimum Gasteiger partial charge on any atom is -0.481 e. The van der Waals surface area contributed by atoms with E-state index in [9.17, 15) is 4.79 Å². The molecule has 0 aromatic carbocycles.